The first-order valence-electron chi connectivity index (χ1n) is 10.6. The second-order valence-electron chi connectivity index (χ2n) is 7.69. The number of carbonyl (C=O) groups excluding carboxylic acids is 2. The van der Waals surface area contributed by atoms with Crippen molar-refractivity contribution in [3.8, 4) is 23.1 Å². The number of anilines is 2. The van der Waals surface area contributed by atoms with Crippen LogP contribution in [0.3, 0.4) is 0 Å². The zero-order valence-corrected chi connectivity index (χ0v) is 19.0. The van der Waals surface area contributed by atoms with Crippen molar-refractivity contribution in [3.05, 3.63) is 47.7 Å². The Bertz CT molecular complexity index is 1430. The van der Waals surface area contributed by atoms with Crippen LogP contribution in [0.25, 0.3) is 22.3 Å². The lowest BCUT2D eigenvalue weighted by Gasteiger charge is -2.14. The Hall–Kier alpha value is -4.30. The number of likely N-dealkylation sites (tertiary alicyclic amines) is 1. The highest BCUT2D eigenvalue weighted by Crippen LogP contribution is 2.34. The van der Waals surface area contributed by atoms with E-state index in [9.17, 15) is 9.59 Å². The van der Waals surface area contributed by atoms with Crippen molar-refractivity contribution in [2.75, 3.05) is 24.1 Å². The Morgan fingerprint density at radius 1 is 1.21 bits per heavy atom. The number of nitrogen functional groups attached to an aromatic ring is 1. The quantitative estimate of drug-likeness (QED) is 0.436. The van der Waals surface area contributed by atoms with Gasteiger partial charge in [-0.3, -0.25) is 14.9 Å². The summed E-state index contributed by atoms with van der Waals surface area (Å²) in [6, 6.07) is 7.02. The lowest BCUT2D eigenvalue weighted by molar-refractivity contribution is -0.124. The van der Waals surface area contributed by atoms with Crippen molar-refractivity contribution in [2.45, 2.75) is 19.4 Å². The van der Waals surface area contributed by atoms with Gasteiger partial charge in [0.05, 0.1) is 11.4 Å². The van der Waals surface area contributed by atoms with Crippen LogP contribution in [0.2, 0.25) is 0 Å². The van der Waals surface area contributed by atoms with Crippen LogP contribution in [-0.2, 0) is 4.79 Å². The number of benzene rings is 1. The van der Waals surface area contributed by atoms with Gasteiger partial charge in [-0.1, -0.05) is 18.1 Å². The number of hydrogen-bond donors (Lipinski definition) is 2. The lowest BCUT2D eigenvalue weighted by atomic mass is 10.1. The van der Waals surface area contributed by atoms with E-state index >= 15 is 0 Å². The average molecular weight is 473 g/mol. The predicted octanol–water partition coefficient (Wildman–Crippen LogP) is 2.58. The van der Waals surface area contributed by atoms with Gasteiger partial charge in [-0.25, -0.2) is 19.6 Å². The molecule has 1 aliphatic rings. The summed E-state index contributed by atoms with van der Waals surface area (Å²) in [7, 11) is 0. The van der Waals surface area contributed by atoms with E-state index in [1.807, 2.05) is 16.8 Å². The summed E-state index contributed by atoms with van der Waals surface area (Å²) in [5.74, 6) is 5.13. The van der Waals surface area contributed by atoms with Gasteiger partial charge >= 0.3 is 0 Å². The number of nitrogens with two attached hydrogens (primary N) is 1. The first-order valence-corrected chi connectivity index (χ1v) is 11.4. The summed E-state index contributed by atoms with van der Waals surface area (Å²) in [6.45, 7) is 2.73. The summed E-state index contributed by atoms with van der Waals surface area (Å²) in [5.41, 5.74) is 8.72. The number of carbonyl (C=O) groups is 2. The summed E-state index contributed by atoms with van der Waals surface area (Å²) in [6.07, 6.45) is 3.77. The molecule has 34 heavy (non-hydrogen) atoms. The van der Waals surface area contributed by atoms with Crippen molar-refractivity contribution in [2.24, 2.45) is 0 Å². The number of rotatable bonds is 4. The molecule has 0 aliphatic carbocycles. The lowest BCUT2D eigenvalue weighted by Crippen LogP contribution is -2.28. The standard InChI is InChI=1S/C23H20N8O2S/c1-2-3-17(32)30-10-8-16(12-30)31-21-18(20(24)26-13-27-21)19(29-31)14-4-6-15(7-5-14)22(33)28-23-25-9-11-34-23/h4-7,9,11,13,16H,8,10,12H2,1H3,(H2,24,26,27)(H,25,28,33)/t16-/m1/s1. The molecule has 0 spiro atoms. The fraction of sp³-hybridized carbons (Fsp3) is 0.217. The summed E-state index contributed by atoms with van der Waals surface area (Å²) < 4.78 is 1.82. The molecule has 5 rings (SSSR count). The second-order valence-corrected chi connectivity index (χ2v) is 8.58. The molecular weight excluding hydrogens is 452 g/mol. The van der Waals surface area contributed by atoms with E-state index in [-0.39, 0.29) is 17.9 Å². The number of hydrogen-bond acceptors (Lipinski definition) is 8. The number of fused-ring (bicyclic) bond motifs is 1. The largest absolute Gasteiger partial charge is 0.383 e. The molecule has 1 saturated heterocycles. The minimum absolute atomic E-state index is 0.0588. The van der Waals surface area contributed by atoms with Gasteiger partial charge < -0.3 is 10.6 Å². The molecule has 170 valence electrons. The molecule has 0 bridgehead atoms. The van der Waals surface area contributed by atoms with Crippen LogP contribution in [0.15, 0.2) is 42.2 Å². The molecule has 3 aromatic heterocycles. The van der Waals surface area contributed by atoms with Gasteiger partial charge in [-0.05, 0) is 31.4 Å². The SMILES string of the molecule is CC#CC(=O)N1CC[C@@H](n2nc(-c3ccc(C(=O)Nc4nccs4)cc3)c3c(N)ncnc32)C1. The highest BCUT2D eigenvalue weighted by Gasteiger charge is 2.30. The smallest absolute Gasteiger partial charge is 0.298 e. The van der Waals surface area contributed by atoms with Crippen LogP contribution in [0.1, 0.15) is 29.7 Å². The van der Waals surface area contributed by atoms with E-state index < -0.39 is 0 Å². The third-order valence-corrected chi connectivity index (χ3v) is 6.31. The Morgan fingerprint density at radius 3 is 2.76 bits per heavy atom. The van der Waals surface area contributed by atoms with Crippen molar-refractivity contribution < 1.29 is 9.59 Å². The molecule has 4 heterocycles. The Kier molecular flexibility index (Phi) is 5.65. The van der Waals surface area contributed by atoms with E-state index in [4.69, 9.17) is 10.8 Å². The number of nitrogens with zero attached hydrogens (tertiary/aromatic N) is 6. The molecule has 1 atom stereocenters. The number of aromatic nitrogens is 5. The Morgan fingerprint density at radius 2 is 2.03 bits per heavy atom. The van der Waals surface area contributed by atoms with Crippen LogP contribution in [0.4, 0.5) is 10.9 Å². The third kappa shape index (κ3) is 3.95. The summed E-state index contributed by atoms with van der Waals surface area (Å²) in [5, 5.41) is 10.6. The van der Waals surface area contributed by atoms with Crippen molar-refractivity contribution in [1.29, 1.82) is 0 Å². The number of thiazole rings is 1. The number of amides is 2. The summed E-state index contributed by atoms with van der Waals surface area (Å²) >= 11 is 1.35. The molecule has 11 heteroatoms. The fourth-order valence-electron chi connectivity index (χ4n) is 4.00. The first-order chi connectivity index (χ1) is 16.5. The normalized spacial score (nSPS) is 15.2. The molecule has 1 fully saturated rings. The van der Waals surface area contributed by atoms with Crippen LogP contribution in [-0.4, -0.2) is 54.5 Å². The monoisotopic (exact) mass is 472 g/mol. The molecule has 0 saturated carbocycles. The number of nitrogens with one attached hydrogen (secondary N) is 1. The Labute approximate surface area is 198 Å². The molecule has 0 unspecified atom stereocenters. The fourth-order valence-corrected chi connectivity index (χ4v) is 4.52. The van der Waals surface area contributed by atoms with Crippen LogP contribution in [0.5, 0.6) is 0 Å². The maximum atomic E-state index is 12.5. The zero-order chi connectivity index (χ0) is 23.7. The predicted molar refractivity (Wildman–Crippen MR) is 129 cm³/mol. The molecule has 1 aliphatic heterocycles. The van der Waals surface area contributed by atoms with E-state index in [0.717, 1.165) is 12.0 Å². The molecule has 4 aromatic rings. The van der Waals surface area contributed by atoms with E-state index in [1.165, 1.54) is 17.7 Å². The van der Waals surface area contributed by atoms with Crippen LogP contribution in [0, 0.1) is 11.8 Å². The van der Waals surface area contributed by atoms with E-state index in [0.29, 0.717) is 46.3 Å². The summed E-state index contributed by atoms with van der Waals surface area (Å²) in [4.78, 5) is 39.1. The van der Waals surface area contributed by atoms with Crippen LogP contribution < -0.4 is 11.1 Å². The van der Waals surface area contributed by atoms with Crippen LogP contribution >= 0.6 is 11.3 Å². The third-order valence-electron chi connectivity index (χ3n) is 5.62. The average Bonchev–Trinajstić information content (AvgIpc) is 3.59. The van der Waals surface area contributed by atoms with Crippen molar-refractivity contribution >= 4 is 45.1 Å². The molecule has 0 radical (unpaired) electrons. The van der Waals surface area contributed by atoms with E-state index in [2.05, 4.69) is 32.1 Å². The van der Waals surface area contributed by atoms with Crippen molar-refractivity contribution in [1.82, 2.24) is 29.6 Å². The zero-order valence-electron chi connectivity index (χ0n) is 18.2. The van der Waals surface area contributed by atoms with Gasteiger partial charge in [0.2, 0.25) is 0 Å². The maximum absolute atomic E-state index is 12.5. The molecule has 3 N–H and O–H groups in total. The molecular formula is C23H20N8O2S. The highest BCUT2D eigenvalue weighted by atomic mass is 32.1. The van der Waals surface area contributed by atoms with Gasteiger partial charge in [-0.2, -0.15) is 5.10 Å². The second kappa shape index (κ2) is 8.92. The van der Waals surface area contributed by atoms with Crippen molar-refractivity contribution in [3.63, 3.8) is 0 Å². The molecule has 1 aromatic carbocycles. The Balaban J connectivity index is 1.47. The van der Waals surface area contributed by atoms with Gasteiger partial charge in [-0.15, -0.1) is 11.3 Å². The minimum Gasteiger partial charge on any atom is -0.383 e. The van der Waals surface area contributed by atoms with Gasteiger partial charge in [0, 0.05) is 35.8 Å². The first kappa shape index (κ1) is 21.5. The topological polar surface area (TPSA) is 132 Å². The van der Waals surface area contributed by atoms with Gasteiger partial charge in [0.25, 0.3) is 11.8 Å². The minimum atomic E-state index is -0.245. The molecule has 10 nitrogen and oxygen atoms in total. The highest BCUT2D eigenvalue weighted by molar-refractivity contribution is 7.13. The van der Waals surface area contributed by atoms with E-state index in [1.54, 1.807) is 35.5 Å². The maximum Gasteiger partial charge on any atom is 0.298 e. The van der Waals surface area contributed by atoms with Gasteiger partial charge in [0.1, 0.15) is 17.8 Å². The molecule has 2 amide bonds. The van der Waals surface area contributed by atoms with Gasteiger partial charge in [0.15, 0.2) is 10.8 Å².